The summed E-state index contributed by atoms with van der Waals surface area (Å²) in [7, 11) is -1.87. The molecule has 1 heterocycles. The van der Waals surface area contributed by atoms with E-state index < -0.39 is 10.0 Å². The third-order valence-electron chi connectivity index (χ3n) is 3.86. The van der Waals surface area contributed by atoms with Crippen LogP contribution >= 0.6 is 0 Å². The van der Waals surface area contributed by atoms with Gasteiger partial charge >= 0.3 is 0 Å². The predicted molar refractivity (Wildman–Crippen MR) is 105 cm³/mol. The molecule has 0 aliphatic heterocycles. The summed E-state index contributed by atoms with van der Waals surface area (Å²) in [6.45, 7) is 7.07. The van der Waals surface area contributed by atoms with Crippen molar-refractivity contribution in [2.45, 2.75) is 38.1 Å². The van der Waals surface area contributed by atoms with Gasteiger partial charge in [0.05, 0.1) is 17.1 Å². The van der Waals surface area contributed by atoms with Crippen LogP contribution in [0.3, 0.4) is 0 Å². The van der Waals surface area contributed by atoms with Crippen molar-refractivity contribution >= 4 is 16.0 Å². The van der Waals surface area contributed by atoms with Gasteiger partial charge in [-0.25, -0.2) is 13.1 Å². The molecule has 27 heavy (non-hydrogen) atoms. The first kappa shape index (κ1) is 20.9. The largest absolute Gasteiger partial charge is 0.359 e. The van der Waals surface area contributed by atoms with E-state index in [0.29, 0.717) is 30.7 Å². The van der Waals surface area contributed by atoms with E-state index in [1.807, 2.05) is 26.8 Å². The van der Waals surface area contributed by atoms with E-state index in [2.05, 4.69) is 25.5 Å². The first-order chi connectivity index (χ1) is 12.8. The molecule has 2 aromatic rings. The van der Waals surface area contributed by atoms with Gasteiger partial charge < -0.3 is 15.2 Å². The molecule has 0 aliphatic carbocycles. The second kappa shape index (κ2) is 9.52. The van der Waals surface area contributed by atoms with E-state index in [0.717, 1.165) is 11.3 Å². The molecule has 0 atom stereocenters. The monoisotopic (exact) mass is 393 g/mol. The fraction of sp³-hybridized carbons (Fsp3) is 0.444. The highest BCUT2D eigenvalue weighted by atomic mass is 32.2. The van der Waals surface area contributed by atoms with Crippen LogP contribution in [-0.4, -0.2) is 39.7 Å². The van der Waals surface area contributed by atoms with Crippen LogP contribution in [0.5, 0.6) is 0 Å². The fourth-order valence-corrected chi connectivity index (χ4v) is 3.27. The maximum atomic E-state index is 12.2. The zero-order valence-corrected chi connectivity index (χ0v) is 16.9. The quantitative estimate of drug-likeness (QED) is 0.358. The highest BCUT2D eigenvalue weighted by Gasteiger charge is 2.13. The van der Waals surface area contributed by atoms with Gasteiger partial charge in [0, 0.05) is 26.2 Å². The van der Waals surface area contributed by atoms with E-state index in [1.54, 1.807) is 31.3 Å². The molecule has 0 radical (unpaired) electrons. The van der Waals surface area contributed by atoms with Gasteiger partial charge in [-0.3, -0.25) is 4.99 Å². The van der Waals surface area contributed by atoms with Crippen LogP contribution in [0.1, 0.15) is 36.8 Å². The van der Waals surface area contributed by atoms with Gasteiger partial charge in [-0.2, -0.15) is 0 Å². The van der Waals surface area contributed by atoms with Crippen LogP contribution in [-0.2, 0) is 16.6 Å². The van der Waals surface area contributed by atoms with Gasteiger partial charge in [-0.15, -0.1) is 0 Å². The molecule has 1 aromatic carbocycles. The molecule has 3 N–H and O–H groups in total. The standard InChI is InChI=1S/C18H27N5O3S/c1-13(2)17-11-15(26-23-17)12-21-18(19-4)20-9-10-22-27(24,25)16-7-5-14(3)6-8-16/h5-8,11,13,22H,9-10,12H2,1-4H3,(H2,19,20,21). The number of aryl methyl sites for hydroxylation is 1. The molecule has 0 aliphatic rings. The summed E-state index contributed by atoms with van der Waals surface area (Å²) in [5.41, 5.74) is 1.91. The Morgan fingerprint density at radius 1 is 1.19 bits per heavy atom. The lowest BCUT2D eigenvalue weighted by molar-refractivity contribution is 0.372. The molecule has 0 amide bonds. The molecule has 0 fully saturated rings. The lowest BCUT2D eigenvalue weighted by atomic mass is 10.1. The number of nitrogens with zero attached hydrogens (tertiary/aromatic N) is 2. The first-order valence-corrected chi connectivity index (χ1v) is 10.3. The number of aliphatic imine (C=N–C) groups is 1. The Morgan fingerprint density at radius 2 is 1.89 bits per heavy atom. The van der Waals surface area contributed by atoms with Gasteiger partial charge in [0.1, 0.15) is 0 Å². The Bertz CT molecular complexity index is 857. The zero-order chi connectivity index (χ0) is 19.9. The fourth-order valence-electron chi connectivity index (χ4n) is 2.24. The average Bonchev–Trinajstić information content (AvgIpc) is 3.11. The van der Waals surface area contributed by atoms with Gasteiger partial charge in [-0.1, -0.05) is 36.7 Å². The van der Waals surface area contributed by atoms with Crippen molar-refractivity contribution in [1.82, 2.24) is 20.5 Å². The molecule has 2 rings (SSSR count). The van der Waals surface area contributed by atoms with Crippen LogP contribution < -0.4 is 15.4 Å². The SMILES string of the molecule is CN=C(NCCNS(=O)(=O)c1ccc(C)cc1)NCc1cc(C(C)C)no1. The summed E-state index contributed by atoms with van der Waals surface area (Å²) in [4.78, 5) is 4.35. The molecule has 0 saturated carbocycles. The van der Waals surface area contributed by atoms with Gasteiger partial charge in [0.2, 0.25) is 10.0 Å². The smallest absolute Gasteiger partial charge is 0.240 e. The van der Waals surface area contributed by atoms with Crippen molar-refractivity contribution in [3.8, 4) is 0 Å². The summed E-state index contributed by atoms with van der Waals surface area (Å²) < 4.78 is 32.3. The molecule has 148 valence electrons. The zero-order valence-electron chi connectivity index (χ0n) is 16.1. The molecule has 0 saturated heterocycles. The summed E-state index contributed by atoms with van der Waals surface area (Å²) in [5.74, 6) is 1.57. The molecule has 0 unspecified atom stereocenters. The van der Waals surface area contributed by atoms with Crippen molar-refractivity contribution in [2.24, 2.45) is 4.99 Å². The molecular weight excluding hydrogens is 366 g/mol. The Hall–Kier alpha value is -2.39. The average molecular weight is 394 g/mol. The van der Waals surface area contributed by atoms with Crippen LogP contribution in [0.4, 0.5) is 0 Å². The Labute approximate surface area is 160 Å². The molecule has 1 aromatic heterocycles. The van der Waals surface area contributed by atoms with E-state index in [9.17, 15) is 8.42 Å². The third kappa shape index (κ3) is 6.37. The second-order valence-electron chi connectivity index (χ2n) is 6.44. The van der Waals surface area contributed by atoms with E-state index in [-0.39, 0.29) is 11.4 Å². The van der Waals surface area contributed by atoms with E-state index in [4.69, 9.17) is 4.52 Å². The van der Waals surface area contributed by atoms with Crippen molar-refractivity contribution in [1.29, 1.82) is 0 Å². The van der Waals surface area contributed by atoms with Gasteiger partial charge in [0.25, 0.3) is 0 Å². The summed E-state index contributed by atoms with van der Waals surface area (Å²) in [5, 5.41) is 10.2. The number of hydrogen-bond donors (Lipinski definition) is 3. The van der Waals surface area contributed by atoms with Crippen molar-refractivity contribution in [2.75, 3.05) is 20.1 Å². The topological polar surface area (TPSA) is 109 Å². The van der Waals surface area contributed by atoms with Gasteiger partial charge in [-0.05, 0) is 25.0 Å². The third-order valence-corrected chi connectivity index (χ3v) is 5.34. The highest BCUT2D eigenvalue weighted by Crippen LogP contribution is 2.13. The summed E-state index contributed by atoms with van der Waals surface area (Å²) in [6, 6.07) is 8.63. The predicted octanol–water partition coefficient (Wildman–Crippen LogP) is 1.75. The van der Waals surface area contributed by atoms with E-state index in [1.165, 1.54) is 0 Å². The maximum absolute atomic E-state index is 12.2. The second-order valence-corrected chi connectivity index (χ2v) is 8.20. The van der Waals surface area contributed by atoms with Crippen LogP contribution in [0.25, 0.3) is 0 Å². The Balaban J connectivity index is 1.76. The number of guanidine groups is 1. The van der Waals surface area contributed by atoms with Crippen molar-refractivity contribution < 1.29 is 12.9 Å². The lowest BCUT2D eigenvalue weighted by Crippen LogP contribution is -2.41. The number of nitrogens with one attached hydrogen (secondary N) is 3. The van der Waals surface area contributed by atoms with Crippen LogP contribution in [0.15, 0.2) is 44.7 Å². The minimum atomic E-state index is -3.52. The summed E-state index contributed by atoms with van der Waals surface area (Å²) >= 11 is 0. The molecule has 9 heteroatoms. The Kier molecular flexibility index (Phi) is 7.37. The molecular formula is C18H27N5O3S. The maximum Gasteiger partial charge on any atom is 0.240 e. The number of hydrogen-bond acceptors (Lipinski definition) is 5. The number of benzene rings is 1. The molecule has 8 nitrogen and oxygen atoms in total. The van der Waals surface area contributed by atoms with Gasteiger partial charge in [0.15, 0.2) is 11.7 Å². The minimum Gasteiger partial charge on any atom is -0.359 e. The van der Waals surface area contributed by atoms with E-state index >= 15 is 0 Å². The normalized spacial score (nSPS) is 12.4. The van der Waals surface area contributed by atoms with Crippen molar-refractivity contribution in [3.63, 3.8) is 0 Å². The number of rotatable bonds is 8. The minimum absolute atomic E-state index is 0.233. The molecule has 0 spiro atoms. The summed E-state index contributed by atoms with van der Waals surface area (Å²) in [6.07, 6.45) is 0. The van der Waals surface area contributed by atoms with Crippen molar-refractivity contribution in [3.05, 3.63) is 47.3 Å². The Morgan fingerprint density at radius 3 is 2.48 bits per heavy atom. The first-order valence-electron chi connectivity index (χ1n) is 8.78. The lowest BCUT2D eigenvalue weighted by Gasteiger charge is -2.11. The van der Waals surface area contributed by atoms with Crippen LogP contribution in [0.2, 0.25) is 0 Å². The molecule has 0 bridgehead atoms. The highest BCUT2D eigenvalue weighted by molar-refractivity contribution is 7.89. The number of sulfonamides is 1. The van der Waals surface area contributed by atoms with Crippen LogP contribution in [0, 0.1) is 6.92 Å². The number of aromatic nitrogens is 1.